The summed E-state index contributed by atoms with van der Waals surface area (Å²) in [7, 11) is 0. The van der Waals surface area contributed by atoms with Crippen LogP contribution in [0.2, 0.25) is 0 Å². The van der Waals surface area contributed by atoms with E-state index < -0.39 is 0 Å². The van der Waals surface area contributed by atoms with Crippen LogP contribution in [-0.4, -0.2) is 17.3 Å². The number of benzene rings is 1. The summed E-state index contributed by atoms with van der Waals surface area (Å²) in [6, 6.07) is 9.63. The second-order valence-electron chi connectivity index (χ2n) is 4.66. The van der Waals surface area contributed by atoms with Crippen molar-refractivity contribution in [2.75, 3.05) is 11.9 Å². The molecule has 0 fully saturated rings. The Balaban J connectivity index is 2.82. The fraction of sp³-hybridized carbons (Fsp3) is 0.375. The zero-order valence-corrected chi connectivity index (χ0v) is 13.1. The molecule has 1 aromatic carbocycles. The second kappa shape index (κ2) is 8.48. The molecule has 0 unspecified atom stereocenters. The van der Waals surface area contributed by atoms with Crippen molar-refractivity contribution < 1.29 is 4.79 Å². The number of unbranched alkanes of at least 4 members (excludes halogenated alkanes) is 1. The molecule has 0 amide bonds. The fourth-order valence-electron chi connectivity index (χ4n) is 1.85. The maximum Gasteiger partial charge on any atom is 0.164 e. The minimum Gasteiger partial charge on any atom is -0.388 e. The number of Topliss-reactive ketones (excluding diaryl/α,β-unsaturated/α-hetero) is 1. The first-order chi connectivity index (χ1) is 9.56. The first-order valence-corrected chi connectivity index (χ1v) is 7.29. The second-order valence-corrected chi connectivity index (χ2v) is 5.06. The maximum atomic E-state index is 11.8. The molecule has 0 atom stereocenters. The number of carbonyl (C=O) groups excluding carboxylic acids is 1. The normalized spacial score (nSPS) is 11.6. The number of rotatable bonds is 7. The predicted octanol–water partition coefficient (Wildman–Crippen LogP) is 3.68. The van der Waals surface area contributed by atoms with Crippen LogP contribution < -0.4 is 10.6 Å². The minimum absolute atomic E-state index is 0.0278. The van der Waals surface area contributed by atoms with Crippen LogP contribution in [0, 0.1) is 0 Å². The molecule has 0 saturated carbocycles. The Hall–Kier alpha value is -1.68. The van der Waals surface area contributed by atoms with Gasteiger partial charge in [-0.25, -0.2) is 0 Å². The molecule has 0 heterocycles. The summed E-state index contributed by atoms with van der Waals surface area (Å²) in [5.41, 5.74) is 2.27. The van der Waals surface area contributed by atoms with Gasteiger partial charge in [-0.05, 0) is 32.4 Å². The fourth-order valence-corrected chi connectivity index (χ4v) is 2.27. The van der Waals surface area contributed by atoms with Crippen LogP contribution in [0.5, 0.6) is 0 Å². The zero-order chi connectivity index (χ0) is 15.0. The van der Waals surface area contributed by atoms with Crippen LogP contribution in [0.25, 0.3) is 0 Å². The van der Waals surface area contributed by atoms with Crippen molar-refractivity contribution in [2.24, 2.45) is 0 Å². The largest absolute Gasteiger partial charge is 0.388 e. The van der Waals surface area contributed by atoms with Gasteiger partial charge in [0.15, 0.2) is 5.78 Å². The third-order valence-electron chi connectivity index (χ3n) is 2.91. The molecule has 3 nitrogen and oxygen atoms in total. The van der Waals surface area contributed by atoms with Crippen molar-refractivity contribution in [1.29, 1.82) is 0 Å². The highest BCUT2D eigenvalue weighted by Gasteiger charge is 2.14. The number of anilines is 1. The van der Waals surface area contributed by atoms with Crippen molar-refractivity contribution in [3.05, 3.63) is 41.6 Å². The zero-order valence-electron chi connectivity index (χ0n) is 12.3. The van der Waals surface area contributed by atoms with Gasteiger partial charge in [0.25, 0.3) is 0 Å². The van der Waals surface area contributed by atoms with Gasteiger partial charge in [-0.15, -0.1) is 0 Å². The highest BCUT2D eigenvalue weighted by atomic mass is 32.1. The van der Waals surface area contributed by atoms with E-state index in [9.17, 15) is 4.79 Å². The quantitative estimate of drug-likeness (QED) is 0.456. The Labute approximate surface area is 126 Å². The topological polar surface area (TPSA) is 41.1 Å². The molecule has 108 valence electrons. The van der Waals surface area contributed by atoms with Gasteiger partial charge in [-0.3, -0.25) is 4.79 Å². The first-order valence-electron chi connectivity index (χ1n) is 6.88. The highest BCUT2D eigenvalue weighted by molar-refractivity contribution is 7.81. The van der Waals surface area contributed by atoms with Crippen LogP contribution >= 0.6 is 12.2 Å². The van der Waals surface area contributed by atoms with Gasteiger partial charge >= 0.3 is 0 Å². The first kappa shape index (κ1) is 16.4. The number of para-hydroxylation sites is 1. The lowest BCUT2D eigenvalue weighted by atomic mass is 10.1. The van der Waals surface area contributed by atoms with E-state index in [4.69, 9.17) is 12.2 Å². The summed E-state index contributed by atoms with van der Waals surface area (Å²) in [5, 5.41) is 6.37. The molecule has 0 aliphatic heterocycles. The van der Waals surface area contributed by atoms with Crippen LogP contribution in [0.1, 0.15) is 33.6 Å². The van der Waals surface area contributed by atoms with Crippen LogP contribution in [-0.2, 0) is 4.79 Å². The summed E-state index contributed by atoms with van der Waals surface area (Å²) >= 11 is 5.36. The van der Waals surface area contributed by atoms with Gasteiger partial charge in [-0.1, -0.05) is 43.8 Å². The Kier molecular flexibility index (Phi) is 6.94. The van der Waals surface area contributed by atoms with Crippen molar-refractivity contribution >= 4 is 28.7 Å². The Morgan fingerprint density at radius 3 is 2.40 bits per heavy atom. The molecule has 4 heteroatoms. The predicted molar refractivity (Wildman–Crippen MR) is 89.0 cm³/mol. The van der Waals surface area contributed by atoms with E-state index in [0.29, 0.717) is 10.6 Å². The van der Waals surface area contributed by atoms with E-state index in [1.807, 2.05) is 37.3 Å². The van der Waals surface area contributed by atoms with Crippen LogP contribution in [0.3, 0.4) is 0 Å². The maximum absolute atomic E-state index is 11.8. The van der Waals surface area contributed by atoms with Crippen molar-refractivity contribution in [3.8, 4) is 0 Å². The van der Waals surface area contributed by atoms with Crippen LogP contribution in [0.15, 0.2) is 41.6 Å². The molecular formula is C16H22N2OS. The van der Waals surface area contributed by atoms with E-state index in [2.05, 4.69) is 17.6 Å². The molecule has 0 saturated heterocycles. The van der Waals surface area contributed by atoms with Gasteiger partial charge in [0.1, 0.15) is 4.99 Å². The standard InChI is InChI=1S/C16H22N2OS/c1-4-5-11-17-12(2)15(13(3)19)16(20)18-14-9-7-6-8-10-14/h6-10,17H,4-5,11H2,1-3H3,(H,18,20)/b15-12+. The number of thiocarbonyl (C=S) groups is 1. The summed E-state index contributed by atoms with van der Waals surface area (Å²) in [6.45, 7) is 6.42. The highest BCUT2D eigenvalue weighted by Crippen LogP contribution is 2.12. The summed E-state index contributed by atoms with van der Waals surface area (Å²) < 4.78 is 0. The van der Waals surface area contributed by atoms with E-state index in [-0.39, 0.29) is 5.78 Å². The molecule has 2 N–H and O–H groups in total. The Bertz CT molecular complexity index is 494. The minimum atomic E-state index is -0.0278. The van der Waals surface area contributed by atoms with Crippen LogP contribution in [0.4, 0.5) is 5.69 Å². The number of allylic oxidation sites excluding steroid dienone is 1. The lowest BCUT2D eigenvalue weighted by Gasteiger charge is -2.14. The molecule has 0 bridgehead atoms. The van der Waals surface area contributed by atoms with Crippen molar-refractivity contribution in [2.45, 2.75) is 33.6 Å². The summed E-state index contributed by atoms with van der Waals surface area (Å²) in [5.74, 6) is -0.0278. The lowest BCUT2D eigenvalue weighted by molar-refractivity contribution is -0.113. The average molecular weight is 290 g/mol. The smallest absolute Gasteiger partial charge is 0.164 e. The SMILES string of the molecule is CCCCN/C(C)=C(\C(C)=O)C(=S)Nc1ccccc1. The molecular weight excluding hydrogens is 268 g/mol. The number of carbonyl (C=O) groups is 1. The third-order valence-corrected chi connectivity index (χ3v) is 3.21. The van der Waals surface area contributed by atoms with Crippen molar-refractivity contribution in [1.82, 2.24) is 5.32 Å². The van der Waals surface area contributed by atoms with E-state index in [1.165, 1.54) is 0 Å². The molecule has 0 aromatic heterocycles. The summed E-state index contributed by atoms with van der Waals surface area (Å²) in [6.07, 6.45) is 2.18. The van der Waals surface area contributed by atoms with E-state index in [0.717, 1.165) is 30.8 Å². The van der Waals surface area contributed by atoms with Gasteiger partial charge < -0.3 is 10.6 Å². The molecule has 0 aliphatic rings. The molecule has 0 radical (unpaired) electrons. The molecule has 20 heavy (non-hydrogen) atoms. The van der Waals surface area contributed by atoms with Gasteiger partial charge in [-0.2, -0.15) is 0 Å². The number of hydrogen-bond donors (Lipinski definition) is 2. The third kappa shape index (κ3) is 5.13. The van der Waals surface area contributed by atoms with Gasteiger partial charge in [0.2, 0.25) is 0 Å². The molecule has 1 rings (SSSR count). The average Bonchev–Trinajstić information content (AvgIpc) is 2.39. The summed E-state index contributed by atoms with van der Waals surface area (Å²) in [4.78, 5) is 12.3. The lowest BCUT2D eigenvalue weighted by Crippen LogP contribution is -2.24. The number of ketones is 1. The Morgan fingerprint density at radius 2 is 1.85 bits per heavy atom. The van der Waals surface area contributed by atoms with Crippen molar-refractivity contribution in [3.63, 3.8) is 0 Å². The monoisotopic (exact) mass is 290 g/mol. The molecule has 0 aliphatic carbocycles. The molecule has 1 aromatic rings. The van der Waals surface area contributed by atoms with Gasteiger partial charge in [0, 0.05) is 17.9 Å². The van der Waals surface area contributed by atoms with Gasteiger partial charge in [0.05, 0.1) is 5.57 Å². The number of nitrogens with one attached hydrogen (secondary N) is 2. The Morgan fingerprint density at radius 1 is 1.20 bits per heavy atom. The van der Waals surface area contributed by atoms with E-state index in [1.54, 1.807) is 6.92 Å². The number of hydrogen-bond acceptors (Lipinski definition) is 3. The molecule has 0 spiro atoms. The van der Waals surface area contributed by atoms with E-state index >= 15 is 0 Å².